The summed E-state index contributed by atoms with van der Waals surface area (Å²) in [6.45, 7) is 8.91. The molecule has 0 heterocycles. The van der Waals surface area contributed by atoms with E-state index in [2.05, 4.69) is 51.1 Å². The van der Waals surface area contributed by atoms with E-state index in [0.29, 0.717) is 17.4 Å². The van der Waals surface area contributed by atoms with Gasteiger partial charge in [0.25, 0.3) is 0 Å². The van der Waals surface area contributed by atoms with Crippen molar-refractivity contribution in [2.45, 2.75) is 83.8 Å². The molecule has 2 saturated carbocycles. The number of ether oxygens (including phenoxy) is 1. The van der Waals surface area contributed by atoms with Crippen molar-refractivity contribution in [3.63, 3.8) is 0 Å². The van der Waals surface area contributed by atoms with Gasteiger partial charge in [0.2, 0.25) is 0 Å². The van der Waals surface area contributed by atoms with Crippen molar-refractivity contribution in [1.82, 2.24) is 0 Å². The molecule has 2 aliphatic rings. The van der Waals surface area contributed by atoms with Crippen LogP contribution in [0.15, 0.2) is 30.3 Å². The first-order valence-electron chi connectivity index (χ1n) is 11.3. The van der Waals surface area contributed by atoms with Crippen molar-refractivity contribution < 1.29 is 9.84 Å². The van der Waals surface area contributed by atoms with Crippen LogP contribution in [0.3, 0.4) is 0 Å². The van der Waals surface area contributed by atoms with Crippen LogP contribution in [0, 0.1) is 11.3 Å². The van der Waals surface area contributed by atoms with Gasteiger partial charge in [-0.1, -0.05) is 39.0 Å². The fourth-order valence-electron chi connectivity index (χ4n) is 4.90. The van der Waals surface area contributed by atoms with Crippen molar-refractivity contribution in [2.24, 2.45) is 17.1 Å². The molecule has 0 saturated heterocycles. The number of aliphatic hydroxyl groups is 1. The molecule has 0 radical (unpaired) electrons. The molecule has 0 amide bonds. The maximum Gasteiger partial charge on any atom is 0.123 e. The molecule has 3 N–H and O–H groups in total. The average molecular weight is 396 g/mol. The maximum atomic E-state index is 9.62. The largest absolute Gasteiger partial charge is 0.490 e. The first-order chi connectivity index (χ1) is 13.7. The van der Waals surface area contributed by atoms with E-state index in [1.807, 2.05) is 6.92 Å². The smallest absolute Gasteiger partial charge is 0.123 e. The molecule has 29 heavy (non-hydrogen) atoms. The Morgan fingerprint density at radius 2 is 1.66 bits per heavy atom. The van der Waals surface area contributed by atoms with Crippen molar-refractivity contribution in [1.29, 1.82) is 0 Å². The Balaban J connectivity index is 1.59. The van der Waals surface area contributed by atoms with Gasteiger partial charge in [-0.3, -0.25) is 0 Å². The summed E-state index contributed by atoms with van der Waals surface area (Å²) in [5.74, 6) is 2.51. The standard InChI is InChI=1S/C26H37NO2/c1-25(2,3)19-8-11-21(12-9-19)29-23-14-7-18-15-20(26(4,27)16-28)10-13-22(18)24(23)17-5-6-17/h7,10,13-15,17,19,21,28H,5-6,8-9,11-12,16,27H2,1-4H3. The highest BCUT2D eigenvalue weighted by Crippen LogP contribution is 2.49. The minimum absolute atomic E-state index is 0.0631. The van der Waals surface area contributed by atoms with Crippen LogP contribution in [0.25, 0.3) is 10.8 Å². The third-order valence-electron chi connectivity index (χ3n) is 7.19. The first-order valence-corrected chi connectivity index (χ1v) is 11.3. The van der Waals surface area contributed by atoms with Gasteiger partial charge in [0.15, 0.2) is 0 Å². The molecule has 4 rings (SSSR count). The highest BCUT2D eigenvalue weighted by molar-refractivity contribution is 5.89. The van der Waals surface area contributed by atoms with Gasteiger partial charge in [-0.05, 0) is 91.2 Å². The molecule has 158 valence electrons. The summed E-state index contributed by atoms with van der Waals surface area (Å²) >= 11 is 0. The molecular formula is C26H37NO2. The van der Waals surface area contributed by atoms with Gasteiger partial charge in [-0.25, -0.2) is 0 Å². The number of aliphatic hydroxyl groups excluding tert-OH is 1. The lowest BCUT2D eigenvalue weighted by Crippen LogP contribution is -2.36. The topological polar surface area (TPSA) is 55.5 Å². The zero-order valence-electron chi connectivity index (χ0n) is 18.5. The molecule has 0 spiro atoms. The molecule has 2 aromatic rings. The second kappa shape index (κ2) is 7.59. The minimum atomic E-state index is -0.713. The average Bonchev–Trinajstić information content (AvgIpc) is 3.52. The molecular weight excluding hydrogens is 358 g/mol. The summed E-state index contributed by atoms with van der Waals surface area (Å²) in [6, 6.07) is 10.7. The van der Waals surface area contributed by atoms with Crippen LogP contribution in [-0.4, -0.2) is 17.8 Å². The van der Waals surface area contributed by atoms with Gasteiger partial charge in [0.05, 0.1) is 18.2 Å². The van der Waals surface area contributed by atoms with Crippen LogP contribution >= 0.6 is 0 Å². The predicted octanol–water partition coefficient (Wildman–Crippen LogP) is 5.87. The normalized spacial score (nSPS) is 25.0. The molecule has 1 atom stereocenters. The third-order valence-corrected chi connectivity index (χ3v) is 7.19. The second-order valence-corrected chi connectivity index (χ2v) is 10.7. The van der Waals surface area contributed by atoms with Crippen LogP contribution < -0.4 is 10.5 Å². The fraction of sp³-hybridized carbons (Fsp3) is 0.615. The summed E-state index contributed by atoms with van der Waals surface area (Å²) < 4.78 is 6.61. The summed E-state index contributed by atoms with van der Waals surface area (Å²) in [7, 11) is 0. The highest BCUT2D eigenvalue weighted by atomic mass is 16.5. The molecule has 2 aliphatic carbocycles. The Hall–Kier alpha value is -1.58. The lowest BCUT2D eigenvalue weighted by molar-refractivity contribution is 0.0877. The van der Waals surface area contributed by atoms with Gasteiger partial charge < -0.3 is 15.6 Å². The summed E-state index contributed by atoms with van der Waals surface area (Å²) in [5.41, 5.74) is 8.30. The Morgan fingerprint density at radius 1 is 0.966 bits per heavy atom. The number of hydrogen-bond donors (Lipinski definition) is 2. The van der Waals surface area contributed by atoms with E-state index in [4.69, 9.17) is 10.5 Å². The number of fused-ring (bicyclic) bond motifs is 1. The van der Waals surface area contributed by atoms with Crippen molar-refractivity contribution >= 4 is 10.8 Å². The molecule has 3 heteroatoms. The molecule has 0 bridgehead atoms. The molecule has 0 aliphatic heterocycles. The lowest BCUT2D eigenvalue weighted by Gasteiger charge is -2.37. The maximum absolute atomic E-state index is 9.62. The van der Waals surface area contributed by atoms with Crippen LogP contribution in [-0.2, 0) is 5.54 Å². The quantitative estimate of drug-likeness (QED) is 0.666. The van der Waals surface area contributed by atoms with Crippen molar-refractivity contribution in [2.75, 3.05) is 6.61 Å². The van der Waals surface area contributed by atoms with Crippen LogP contribution in [0.2, 0.25) is 0 Å². The Bertz CT molecular complexity index is 868. The second-order valence-electron chi connectivity index (χ2n) is 10.7. The zero-order valence-corrected chi connectivity index (χ0v) is 18.5. The van der Waals surface area contributed by atoms with E-state index in [0.717, 1.165) is 30.1 Å². The minimum Gasteiger partial charge on any atom is -0.490 e. The summed E-state index contributed by atoms with van der Waals surface area (Å²) in [6.07, 6.45) is 7.68. The fourth-order valence-corrected chi connectivity index (χ4v) is 4.90. The first kappa shape index (κ1) is 20.7. The predicted molar refractivity (Wildman–Crippen MR) is 120 cm³/mol. The van der Waals surface area contributed by atoms with Crippen molar-refractivity contribution in [3.8, 4) is 5.75 Å². The van der Waals surface area contributed by atoms with Crippen LogP contribution in [0.5, 0.6) is 5.75 Å². The number of nitrogens with two attached hydrogens (primary N) is 1. The highest BCUT2D eigenvalue weighted by Gasteiger charge is 2.33. The van der Waals surface area contributed by atoms with Gasteiger partial charge >= 0.3 is 0 Å². The Kier molecular flexibility index (Phi) is 5.41. The zero-order chi connectivity index (χ0) is 20.8. The van der Waals surface area contributed by atoms with Gasteiger partial charge in [0, 0.05) is 5.56 Å². The van der Waals surface area contributed by atoms with Gasteiger partial charge in [-0.2, -0.15) is 0 Å². The van der Waals surface area contributed by atoms with E-state index in [1.54, 1.807) is 0 Å². The third kappa shape index (κ3) is 4.32. The molecule has 3 nitrogen and oxygen atoms in total. The monoisotopic (exact) mass is 395 g/mol. The van der Waals surface area contributed by atoms with Gasteiger partial charge in [0.1, 0.15) is 5.75 Å². The number of rotatable bonds is 5. The summed E-state index contributed by atoms with van der Waals surface area (Å²) in [4.78, 5) is 0. The van der Waals surface area contributed by atoms with E-state index in [9.17, 15) is 5.11 Å². The summed E-state index contributed by atoms with van der Waals surface area (Å²) in [5, 5.41) is 12.1. The van der Waals surface area contributed by atoms with E-state index in [-0.39, 0.29) is 6.61 Å². The van der Waals surface area contributed by atoms with Crippen LogP contribution in [0.4, 0.5) is 0 Å². The molecule has 2 fully saturated rings. The van der Waals surface area contributed by atoms with E-state index >= 15 is 0 Å². The van der Waals surface area contributed by atoms with E-state index < -0.39 is 5.54 Å². The van der Waals surface area contributed by atoms with Crippen LogP contribution in [0.1, 0.15) is 83.3 Å². The molecule has 2 aromatic carbocycles. The molecule has 0 aromatic heterocycles. The number of hydrogen-bond acceptors (Lipinski definition) is 3. The Morgan fingerprint density at radius 3 is 2.24 bits per heavy atom. The van der Waals surface area contributed by atoms with Gasteiger partial charge in [-0.15, -0.1) is 0 Å². The Labute approximate surface area is 175 Å². The number of benzene rings is 2. The lowest BCUT2D eigenvalue weighted by atomic mass is 9.72. The van der Waals surface area contributed by atoms with Crippen molar-refractivity contribution in [3.05, 3.63) is 41.5 Å². The van der Waals surface area contributed by atoms with E-state index in [1.165, 1.54) is 42.0 Å². The SMILES string of the molecule is CC(N)(CO)c1ccc2c(C3CC3)c(OC3CCC(C(C)(C)C)CC3)ccc2c1. The molecule has 1 unspecified atom stereocenters.